The summed E-state index contributed by atoms with van der Waals surface area (Å²) in [5.41, 5.74) is 0. The summed E-state index contributed by atoms with van der Waals surface area (Å²) in [5, 5.41) is 0. The Morgan fingerprint density at radius 2 is 1.94 bits per heavy atom. The van der Waals surface area contributed by atoms with E-state index in [1.807, 2.05) is 10.6 Å². The third-order valence-corrected chi connectivity index (χ3v) is 4.51. The molecule has 5 nitrogen and oxygen atoms in total. The van der Waals surface area contributed by atoms with Gasteiger partial charge in [-0.15, -0.1) is 6.42 Å². The zero-order chi connectivity index (χ0) is 14.0. The Balaban J connectivity index is 3.38. The summed E-state index contributed by atoms with van der Waals surface area (Å²) >= 11 is 0. The highest BCUT2D eigenvalue weighted by Crippen LogP contribution is 2.19. The average molecular weight is 291 g/mol. The number of halogens is 1. The summed E-state index contributed by atoms with van der Waals surface area (Å²) in [5.74, 6) is 0.978. The van der Waals surface area contributed by atoms with E-state index >= 15 is 0 Å². The molecule has 18 heavy (non-hydrogen) atoms. The van der Waals surface area contributed by atoms with Crippen molar-refractivity contribution < 1.29 is 21.2 Å². The lowest BCUT2D eigenvalue weighted by atomic mass is 10.3. The molecule has 0 unspecified atom stereocenters. The van der Waals surface area contributed by atoms with Crippen LogP contribution in [0.3, 0.4) is 0 Å². The first kappa shape index (κ1) is 14.6. The summed E-state index contributed by atoms with van der Waals surface area (Å²) in [6, 6.07) is 2.52. The maximum absolute atomic E-state index is 13.4. The molecule has 0 aliphatic heterocycles. The van der Waals surface area contributed by atoms with Crippen LogP contribution in [-0.2, 0) is 19.9 Å². The predicted octanol–water partition coefficient (Wildman–Crippen LogP) is 0.141. The van der Waals surface area contributed by atoms with Crippen molar-refractivity contribution in [3.63, 3.8) is 0 Å². The molecule has 0 saturated carbocycles. The van der Waals surface area contributed by atoms with Gasteiger partial charge in [-0.25, -0.2) is 21.2 Å². The van der Waals surface area contributed by atoms with Gasteiger partial charge in [-0.3, -0.25) is 0 Å². The van der Waals surface area contributed by atoms with Crippen molar-refractivity contribution in [1.82, 2.24) is 4.72 Å². The Bertz CT molecular complexity index is 702. The summed E-state index contributed by atoms with van der Waals surface area (Å²) < 4.78 is 61.2. The van der Waals surface area contributed by atoms with Crippen LogP contribution in [0, 0.1) is 18.2 Å². The molecule has 1 aromatic rings. The SMILES string of the molecule is C#CCNS(=O)(=O)c1cc(S(C)(=O)=O)ccc1F. The van der Waals surface area contributed by atoms with Crippen LogP contribution in [0.5, 0.6) is 0 Å². The fraction of sp³-hybridized carbons (Fsp3) is 0.200. The molecule has 1 rings (SSSR count). The molecule has 8 heteroatoms. The number of hydrogen-bond acceptors (Lipinski definition) is 4. The first-order chi connectivity index (χ1) is 8.18. The number of terminal acetylenes is 1. The van der Waals surface area contributed by atoms with E-state index in [1.54, 1.807) is 0 Å². The minimum absolute atomic E-state index is 0.287. The van der Waals surface area contributed by atoms with Gasteiger partial charge in [0.2, 0.25) is 10.0 Å². The second-order valence-corrected chi connectivity index (χ2v) is 7.14. The second-order valence-electron chi connectivity index (χ2n) is 3.39. The maximum Gasteiger partial charge on any atom is 0.244 e. The van der Waals surface area contributed by atoms with Crippen LogP contribution < -0.4 is 4.72 Å². The van der Waals surface area contributed by atoms with Crippen LogP contribution in [-0.4, -0.2) is 29.6 Å². The van der Waals surface area contributed by atoms with Gasteiger partial charge < -0.3 is 0 Å². The molecule has 0 saturated heterocycles. The number of benzene rings is 1. The third kappa shape index (κ3) is 3.29. The molecule has 0 atom stereocenters. The first-order valence-corrected chi connectivity index (χ1v) is 7.98. The lowest BCUT2D eigenvalue weighted by Gasteiger charge is -2.07. The predicted molar refractivity (Wildman–Crippen MR) is 63.5 cm³/mol. The van der Waals surface area contributed by atoms with Crippen LogP contribution in [0.4, 0.5) is 4.39 Å². The third-order valence-electron chi connectivity index (χ3n) is 1.98. The fourth-order valence-electron chi connectivity index (χ4n) is 1.13. The Kier molecular flexibility index (Phi) is 4.11. The zero-order valence-electron chi connectivity index (χ0n) is 9.34. The molecule has 0 bridgehead atoms. The largest absolute Gasteiger partial charge is 0.244 e. The number of sulfone groups is 1. The lowest BCUT2D eigenvalue weighted by Crippen LogP contribution is -2.25. The summed E-state index contributed by atoms with van der Waals surface area (Å²) in [6.07, 6.45) is 5.78. The van der Waals surface area contributed by atoms with Crippen molar-refractivity contribution >= 4 is 19.9 Å². The fourth-order valence-corrected chi connectivity index (χ4v) is 2.89. The minimum atomic E-state index is -4.17. The number of rotatable bonds is 4. The van der Waals surface area contributed by atoms with E-state index in [-0.39, 0.29) is 11.4 Å². The van der Waals surface area contributed by atoms with E-state index in [0.717, 1.165) is 24.5 Å². The van der Waals surface area contributed by atoms with Crippen LogP contribution in [0.25, 0.3) is 0 Å². The Morgan fingerprint density at radius 3 is 2.44 bits per heavy atom. The van der Waals surface area contributed by atoms with Gasteiger partial charge in [0, 0.05) is 6.26 Å². The van der Waals surface area contributed by atoms with Gasteiger partial charge in [0.15, 0.2) is 9.84 Å². The van der Waals surface area contributed by atoms with E-state index in [2.05, 4.69) is 0 Å². The van der Waals surface area contributed by atoms with Crippen LogP contribution >= 0.6 is 0 Å². The van der Waals surface area contributed by atoms with Gasteiger partial charge in [0.25, 0.3) is 0 Å². The smallest absolute Gasteiger partial charge is 0.224 e. The van der Waals surface area contributed by atoms with Gasteiger partial charge in [0.1, 0.15) is 10.7 Å². The first-order valence-electron chi connectivity index (χ1n) is 4.61. The van der Waals surface area contributed by atoms with E-state index in [0.29, 0.717) is 0 Å². The molecule has 0 fully saturated rings. The van der Waals surface area contributed by atoms with Crippen LogP contribution in [0.2, 0.25) is 0 Å². The van der Waals surface area contributed by atoms with Crippen molar-refractivity contribution in [3.05, 3.63) is 24.0 Å². The quantitative estimate of drug-likeness (QED) is 0.632. The van der Waals surface area contributed by atoms with Crippen molar-refractivity contribution in [3.8, 4) is 12.3 Å². The molecule has 0 aromatic heterocycles. The average Bonchev–Trinajstić information content (AvgIpc) is 2.25. The van der Waals surface area contributed by atoms with E-state index < -0.39 is 30.6 Å². The Morgan fingerprint density at radius 1 is 1.33 bits per heavy atom. The van der Waals surface area contributed by atoms with Crippen LogP contribution in [0.15, 0.2) is 28.0 Å². The van der Waals surface area contributed by atoms with E-state index in [9.17, 15) is 21.2 Å². The molecule has 0 radical (unpaired) electrons. The number of nitrogens with one attached hydrogen (secondary N) is 1. The van der Waals surface area contributed by atoms with Crippen molar-refractivity contribution in [2.75, 3.05) is 12.8 Å². The molecule has 0 aliphatic carbocycles. The normalized spacial score (nSPS) is 12.1. The molecule has 1 aromatic carbocycles. The van der Waals surface area contributed by atoms with Crippen molar-refractivity contribution in [1.29, 1.82) is 0 Å². The number of sulfonamides is 1. The highest BCUT2D eigenvalue weighted by molar-refractivity contribution is 7.91. The minimum Gasteiger partial charge on any atom is -0.224 e. The van der Waals surface area contributed by atoms with Gasteiger partial charge in [0.05, 0.1) is 11.4 Å². The van der Waals surface area contributed by atoms with E-state index in [4.69, 9.17) is 6.42 Å². The summed E-state index contributed by atoms with van der Waals surface area (Å²) in [6.45, 7) is -0.315. The van der Waals surface area contributed by atoms with Gasteiger partial charge in [-0.05, 0) is 18.2 Å². The molecule has 98 valence electrons. The zero-order valence-corrected chi connectivity index (χ0v) is 11.0. The molecular weight excluding hydrogens is 281 g/mol. The maximum atomic E-state index is 13.4. The molecule has 1 N–H and O–H groups in total. The summed E-state index contributed by atoms with van der Waals surface area (Å²) in [7, 11) is -7.79. The van der Waals surface area contributed by atoms with Crippen LogP contribution in [0.1, 0.15) is 0 Å². The highest BCUT2D eigenvalue weighted by Gasteiger charge is 2.21. The van der Waals surface area contributed by atoms with Gasteiger partial charge >= 0.3 is 0 Å². The molecule has 0 amide bonds. The standard InChI is InChI=1S/C10H10FNO4S2/c1-3-6-12-18(15,16)10-7-8(17(2,13)14)4-5-9(10)11/h1,4-5,7,12H,6H2,2H3. The number of hydrogen-bond donors (Lipinski definition) is 1. The molecule has 0 spiro atoms. The van der Waals surface area contributed by atoms with Gasteiger partial charge in [-0.2, -0.15) is 4.72 Å². The molecule has 0 heterocycles. The Labute approximate surface area is 105 Å². The highest BCUT2D eigenvalue weighted by atomic mass is 32.2. The van der Waals surface area contributed by atoms with Gasteiger partial charge in [-0.1, -0.05) is 5.92 Å². The molecular formula is C10H10FNO4S2. The topological polar surface area (TPSA) is 80.3 Å². The lowest BCUT2D eigenvalue weighted by molar-refractivity contribution is 0.558. The monoisotopic (exact) mass is 291 g/mol. The summed E-state index contributed by atoms with van der Waals surface area (Å²) in [4.78, 5) is -1.04. The van der Waals surface area contributed by atoms with Crippen molar-refractivity contribution in [2.45, 2.75) is 9.79 Å². The van der Waals surface area contributed by atoms with Crippen molar-refractivity contribution in [2.24, 2.45) is 0 Å². The molecule has 0 aliphatic rings. The Hall–Kier alpha value is -1.43. The van der Waals surface area contributed by atoms with E-state index in [1.165, 1.54) is 0 Å². The second kappa shape index (κ2) is 5.06.